The molecule has 11 rings (SSSR count). The Morgan fingerprint density at radius 2 is 0.714 bits per heavy atom. The molecule has 5 heteroatoms. The number of nitrogens with zero attached hydrogens (tertiary/aromatic N) is 3. The first kappa shape index (κ1) is 31.9. The van der Waals surface area contributed by atoms with Gasteiger partial charge in [0, 0.05) is 38.2 Å². The molecule has 8 aromatic carbocycles. The molecule has 0 amide bonds. The van der Waals surface area contributed by atoms with Crippen LogP contribution in [0.2, 0.25) is 0 Å². The number of fused-ring (bicyclic) bond motifs is 6. The van der Waals surface area contributed by atoms with E-state index in [9.17, 15) is 0 Å². The highest BCUT2D eigenvalue weighted by atomic mass is 16.3. The summed E-state index contributed by atoms with van der Waals surface area (Å²) in [6, 6.07) is 64.6. The van der Waals surface area contributed by atoms with Crippen LogP contribution < -0.4 is 0 Å². The zero-order valence-corrected chi connectivity index (χ0v) is 30.1. The summed E-state index contributed by atoms with van der Waals surface area (Å²) < 4.78 is 13.0. The minimum absolute atomic E-state index is 0.580. The average Bonchev–Trinajstić information content (AvgIpc) is 3.84. The van der Waals surface area contributed by atoms with Crippen LogP contribution in [0.4, 0.5) is 0 Å². The summed E-state index contributed by atoms with van der Waals surface area (Å²) in [5.74, 6) is 1.80. The van der Waals surface area contributed by atoms with Crippen LogP contribution in [-0.4, -0.2) is 15.0 Å². The number of benzene rings is 8. The number of furan rings is 2. The summed E-state index contributed by atoms with van der Waals surface area (Å²) in [5, 5.41) is 4.30. The van der Waals surface area contributed by atoms with E-state index >= 15 is 0 Å². The van der Waals surface area contributed by atoms with E-state index < -0.39 is 0 Å². The lowest BCUT2D eigenvalue weighted by Crippen LogP contribution is -2.00. The van der Waals surface area contributed by atoms with Crippen molar-refractivity contribution in [1.82, 2.24) is 15.0 Å². The van der Waals surface area contributed by atoms with Crippen molar-refractivity contribution in [3.63, 3.8) is 0 Å². The molecule has 0 fully saturated rings. The molecule has 0 atom stereocenters. The van der Waals surface area contributed by atoms with Gasteiger partial charge in [0.05, 0.1) is 0 Å². The molecule has 5 nitrogen and oxygen atoms in total. The predicted molar refractivity (Wildman–Crippen MR) is 227 cm³/mol. The van der Waals surface area contributed by atoms with Crippen LogP contribution in [-0.2, 0) is 0 Å². The van der Waals surface area contributed by atoms with Gasteiger partial charge in [-0.3, -0.25) is 0 Å². The average molecular weight is 718 g/mol. The predicted octanol–water partition coefficient (Wildman–Crippen LogP) is 13.7. The molecule has 0 unspecified atom stereocenters. The third-order valence-corrected chi connectivity index (χ3v) is 10.5. The zero-order chi connectivity index (χ0) is 37.0. The van der Waals surface area contributed by atoms with E-state index in [1.807, 2.05) is 60.7 Å². The van der Waals surface area contributed by atoms with Crippen LogP contribution >= 0.6 is 0 Å². The molecular formula is C51H31N3O2. The first-order chi connectivity index (χ1) is 27.7. The van der Waals surface area contributed by atoms with Crippen molar-refractivity contribution in [2.75, 3.05) is 0 Å². The van der Waals surface area contributed by atoms with Crippen molar-refractivity contribution < 1.29 is 8.83 Å². The lowest BCUT2D eigenvalue weighted by Gasteiger charge is -2.09. The van der Waals surface area contributed by atoms with Gasteiger partial charge in [-0.2, -0.15) is 0 Å². The minimum Gasteiger partial charge on any atom is -0.456 e. The van der Waals surface area contributed by atoms with Crippen LogP contribution in [0.25, 0.3) is 111 Å². The SMILES string of the molecule is c1ccc(-c2ccc(-c3nc(-c4ccccc4)nc(-c4ccc5c(c4)oc4cc(-c6cc(-c7ccccc7)c7c(c6)oc6ccccc67)ccc45)n3)cc2)cc1. The molecule has 0 saturated heterocycles. The lowest BCUT2D eigenvalue weighted by atomic mass is 9.94. The van der Waals surface area contributed by atoms with Crippen LogP contribution in [0, 0.1) is 0 Å². The highest BCUT2D eigenvalue weighted by Gasteiger charge is 2.18. The molecule has 0 N–H and O–H groups in total. The van der Waals surface area contributed by atoms with Crippen molar-refractivity contribution in [1.29, 1.82) is 0 Å². The Morgan fingerprint density at radius 1 is 0.268 bits per heavy atom. The monoisotopic (exact) mass is 717 g/mol. The molecule has 0 spiro atoms. The molecule has 0 aliphatic heterocycles. The van der Waals surface area contributed by atoms with Crippen LogP contribution in [0.1, 0.15) is 0 Å². The smallest absolute Gasteiger partial charge is 0.164 e. The molecule has 0 saturated carbocycles. The van der Waals surface area contributed by atoms with Gasteiger partial charge >= 0.3 is 0 Å². The van der Waals surface area contributed by atoms with Gasteiger partial charge in [-0.1, -0.05) is 146 Å². The summed E-state index contributed by atoms with van der Waals surface area (Å²) in [5.41, 5.74) is 12.7. The van der Waals surface area contributed by atoms with Crippen molar-refractivity contribution in [2.45, 2.75) is 0 Å². The Bertz CT molecular complexity index is 3220. The standard InChI is InChI=1S/C51H31N3O2/c1-4-12-32(13-5-1)33-20-22-36(23-21-33)50-52-49(35-16-8-3-9-17-35)53-51(54-50)38-25-27-41-40-26-24-37(29-45(40)56-46(41)30-38)39-28-43(34-14-6-2-7-15-34)48-42-18-10-11-19-44(42)55-47(48)31-39/h1-31H. The maximum absolute atomic E-state index is 6.62. The Hall–Kier alpha value is -7.63. The van der Waals surface area contributed by atoms with E-state index in [0.717, 1.165) is 93.9 Å². The topological polar surface area (TPSA) is 65.0 Å². The molecule has 56 heavy (non-hydrogen) atoms. The third kappa shape index (κ3) is 5.53. The second kappa shape index (κ2) is 13.0. The fraction of sp³-hybridized carbons (Fsp3) is 0. The Balaban J connectivity index is 1.01. The molecule has 0 radical (unpaired) electrons. The van der Waals surface area contributed by atoms with Crippen molar-refractivity contribution in [2.24, 2.45) is 0 Å². The number of para-hydroxylation sites is 1. The van der Waals surface area contributed by atoms with Gasteiger partial charge in [0.1, 0.15) is 22.3 Å². The van der Waals surface area contributed by atoms with Gasteiger partial charge in [0.2, 0.25) is 0 Å². The maximum Gasteiger partial charge on any atom is 0.164 e. The maximum atomic E-state index is 6.62. The quantitative estimate of drug-likeness (QED) is 0.171. The van der Waals surface area contributed by atoms with E-state index in [0.29, 0.717) is 17.5 Å². The summed E-state index contributed by atoms with van der Waals surface area (Å²) in [7, 11) is 0. The number of hydrogen-bond acceptors (Lipinski definition) is 5. The molecule has 3 aromatic heterocycles. The zero-order valence-electron chi connectivity index (χ0n) is 30.1. The van der Waals surface area contributed by atoms with Crippen molar-refractivity contribution in [3.05, 3.63) is 188 Å². The van der Waals surface area contributed by atoms with E-state index in [1.165, 1.54) is 0 Å². The van der Waals surface area contributed by atoms with Gasteiger partial charge < -0.3 is 8.83 Å². The van der Waals surface area contributed by atoms with Gasteiger partial charge in [-0.15, -0.1) is 0 Å². The van der Waals surface area contributed by atoms with Gasteiger partial charge in [0.25, 0.3) is 0 Å². The summed E-state index contributed by atoms with van der Waals surface area (Å²) in [6.45, 7) is 0. The first-order valence-corrected chi connectivity index (χ1v) is 18.7. The van der Waals surface area contributed by atoms with Crippen molar-refractivity contribution >= 4 is 43.9 Å². The highest BCUT2D eigenvalue weighted by molar-refractivity contribution is 6.14. The summed E-state index contributed by atoms with van der Waals surface area (Å²) >= 11 is 0. The molecule has 0 aliphatic rings. The van der Waals surface area contributed by atoms with Crippen LogP contribution in [0.5, 0.6) is 0 Å². The largest absolute Gasteiger partial charge is 0.456 e. The highest BCUT2D eigenvalue weighted by Crippen LogP contribution is 2.41. The Labute approximate surface area is 322 Å². The fourth-order valence-electron chi connectivity index (χ4n) is 7.75. The minimum atomic E-state index is 0.580. The molecule has 0 bridgehead atoms. The molecule has 0 aliphatic carbocycles. The van der Waals surface area contributed by atoms with Crippen LogP contribution in [0.15, 0.2) is 197 Å². The second-order valence-electron chi connectivity index (χ2n) is 14.0. The second-order valence-corrected chi connectivity index (χ2v) is 14.0. The summed E-state index contributed by atoms with van der Waals surface area (Å²) in [4.78, 5) is 14.9. The summed E-state index contributed by atoms with van der Waals surface area (Å²) in [6.07, 6.45) is 0. The number of aromatic nitrogens is 3. The molecular weight excluding hydrogens is 687 g/mol. The number of hydrogen-bond donors (Lipinski definition) is 0. The Kier molecular flexibility index (Phi) is 7.42. The third-order valence-electron chi connectivity index (χ3n) is 10.5. The van der Waals surface area contributed by atoms with E-state index in [4.69, 9.17) is 23.8 Å². The van der Waals surface area contributed by atoms with E-state index in [1.54, 1.807) is 0 Å². The van der Waals surface area contributed by atoms with E-state index in [-0.39, 0.29) is 0 Å². The molecule has 3 heterocycles. The first-order valence-electron chi connectivity index (χ1n) is 18.7. The van der Waals surface area contributed by atoms with Gasteiger partial charge in [0.15, 0.2) is 17.5 Å². The van der Waals surface area contributed by atoms with Crippen LogP contribution in [0.3, 0.4) is 0 Å². The van der Waals surface area contributed by atoms with Gasteiger partial charge in [-0.05, 0) is 75.8 Å². The lowest BCUT2D eigenvalue weighted by molar-refractivity contribution is 0.668. The molecule has 11 aromatic rings. The molecule has 262 valence electrons. The normalized spacial score (nSPS) is 11.6. The fourth-order valence-corrected chi connectivity index (χ4v) is 7.75. The van der Waals surface area contributed by atoms with Crippen molar-refractivity contribution in [3.8, 4) is 67.5 Å². The number of rotatable bonds is 6. The van der Waals surface area contributed by atoms with Gasteiger partial charge in [-0.25, -0.2) is 15.0 Å². The Morgan fingerprint density at radius 3 is 1.39 bits per heavy atom. The van der Waals surface area contributed by atoms with E-state index in [2.05, 4.69) is 127 Å².